The molecule has 1 aliphatic carbocycles. The lowest BCUT2D eigenvalue weighted by atomic mass is 9.82. The van der Waals surface area contributed by atoms with Crippen LogP contribution in [0.4, 0.5) is 13.2 Å². The molecule has 1 aromatic heterocycles. The summed E-state index contributed by atoms with van der Waals surface area (Å²) in [5.74, 6) is -0.750. The van der Waals surface area contributed by atoms with Gasteiger partial charge >= 0.3 is 0 Å². The van der Waals surface area contributed by atoms with Crippen molar-refractivity contribution in [2.75, 3.05) is 13.1 Å². The Labute approximate surface area is 132 Å². The number of hydrogen-bond acceptors (Lipinski definition) is 3. The molecule has 0 aromatic carbocycles. The highest BCUT2D eigenvalue weighted by Crippen LogP contribution is 2.51. The minimum Gasteiger partial charge on any atom is -0.272 e. The molecule has 0 N–H and O–H groups in total. The standard InChI is InChI=1S/C16H18F3N3O/c17-12-5-11(7-20-8-12)13-3-4-21-9-16(14(18)19,6-10-1-2-10)15(23)22(13)21/h5,7-8,10,13-14H,1-4,6,9H2/t13-,16-/m1/s1. The summed E-state index contributed by atoms with van der Waals surface area (Å²) in [4.78, 5) is 16.7. The second kappa shape index (κ2) is 5.19. The van der Waals surface area contributed by atoms with E-state index in [1.165, 1.54) is 17.3 Å². The maximum Gasteiger partial charge on any atom is 0.254 e. The SMILES string of the molecule is O=C1N2[C@@H](c3cncc(F)c3)CCN2C[C@]1(CC1CC1)C(F)F. The van der Waals surface area contributed by atoms with Gasteiger partial charge in [-0.05, 0) is 30.4 Å². The Morgan fingerprint density at radius 3 is 2.74 bits per heavy atom. The Bertz CT molecular complexity index is 637. The van der Waals surface area contributed by atoms with Crippen molar-refractivity contribution < 1.29 is 18.0 Å². The van der Waals surface area contributed by atoms with E-state index in [4.69, 9.17) is 0 Å². The van der Waals surface area contributed by atoms with Crippen LogP contribution in [0.1, 0.15) is 37.3 Å². The molecule has 2 saturated heterocycles. The van der Waals surface area contributed by atoms with Gasteiger partial charge in [0.1, 0.15) is 11.2 Å². The smallest absolute Gasteiger partial charge is 0.254 e. The predicted octanol–water partition coefficient (Wildman–Crippen LogP) is 2.78. The van der Waals surface area contributed by atoms with Gasteiger partial charge < -0.3 is 0 Å². The normalized spacial score (nSPS) is 31.2. The summed E-state index contributed by atoms with van der Waals surface area (Å²) >= 11 is 0. The topological polar surface area (TPSA) is 36.4 Å². The maximum absolute atomic E-state index is 13.8. The number of carbonyl (C=O) groups excluding carboxylic acids is 1. The summed E-state index contributed by atoms with van der Waals surface area (Å²) in [5, 5.41) is 3.15. The number of pyridine rings is 1. The quantitative estimate of drug-likeness (QED) is 0.854. The van der Waals surface area contributed by atoms with Gasteiger partial charge in [-0.1, -0.05) is 12.8 Å². The average Bonchev–Trinajstić information content (AvgIpc) is 3.15. The van der Waals surface area contributed by atoms with Crippen molar-refractivity contribution in [2.45, 2.75) is 38.2 Å². The highest BCUT2D eigenvalue weighted by atomic mass is 19.3. The molecule has 124 valence electrons. The number of hydrogen-bond donors (Lipinski definition) is 0. The first-order valence-electron chi connectivity index (χ1n) is 7.98. The molecule has 4 rings (SSSR count). The zero-order chi connectivity index (χ0) is 16.2. The number of fused-ring (bicyclic) bond motifs is 1. The zero-order valence-electron chi connectivity index (χ0n) is 12.6. The number of rotatable bonds is 4. The van der Waals surface area contributed by atoms with E-state index in [9.17, 15) is 18.0 Å². The van der Waals surface area contributed by atoms with Gasteiger partial charge in [0.05, 0.1) is 12.2 Å². The fourth-order valence-corrected chi connectivity index (χ4v) is 3.90. The molecule has 1 saturated carbocycles. The highest BCUT2D eigenvalue weighted by molar-refractivity contribution is 5.86. The molecule has 3 heterocycles. The Balaban J connectivity index is 1.65. The number of carbonyl (C=O) groups is 1. The van der Waals surface area contributed by atoms with Crippen LogP contribution in [-0.2, 0) is 4.79 Å². The van der Waals surface area contributed by atoms with Crippen LogP contribution in [0.2, 0.25) is 0 Å². The molecule has 2 atom stereocenters. The van der Waals surface area contributed by atoms with Gasteiger partial charge in [0.2, 0.25) is 0 Å². The first-order chi connectivity index (χ1) is 11.0. The monoisotopic (exact) mass is 325 g/mol. The van der Waals surface area contributed by atoms with Gasteiger partial charge in [-0.2, -0.15) is 0 Å². The molecule has 3 aliphatic rings. The van der Waals surface area contributed by atoms with Crippen molar-refractivity contribution in [2.24, 2.45) is 11.3 Å². The molecular weight excluding hydrogens is 307 g/mol. The van der Waals surface area contributed by atoms with Crippen LogP contribution >= 0.6 is 0 Å². The number of nitrogens with zero attached hydrogens (tertiary/aromatic N) is 3. The van der Waals surface area contributed by atoms with E-state index >= 15 is 0 Å². The summed E-state index contributed by atoms with van der Waals surface area (Å²) in [7, 11) is 0. The van der Waals surface area contributed by atoms with Gasteiger partial charge in [0.25, 0.3) is 12.3 Å². The largest absolute Gasteiger partial charge is 0.272 e. The second-order valence-electron chi connectivity index (χ2n) is 6.88. The van der Waals surface area contributed by atoms with Crippen LogP contribution in [-0.4, -0.2) is 40.4 Å². The van der Waals surface area contributed by atoms with Crippen LogP contribution < -0.4 is 0 Å². The van der Waals surface area contributed by atoms with E-state index < -0.39 is 29.6 Å². The highest BCUT2D eigenvalue weighted by Gasteiger charge is 2.61. The molecule has 0 radical (unpaired) electrons. The fourth-order valence-electron chi connectivity index (χ4n) is 3.90. The van der Waals surface area contributed by atoms with E-state index in [1.807, 2.05) is 0 Å². The Morgan fingerprint density at radius 1 is 1.30 bits per heavy atom. The van der Waals surface area contributed by atoms with Crippen molar-refractivity contribution in [3.8, 4) is 0 Å². The van der Waals surface area contributed by atoms with Crippen molar-refractivity contribution in [3.05, 3.63) is 29.8 Å². The van der Waals surface area contributed by atoms with E-state index in [1.54, 1.807) is 5.01 Å². The van der Waals surface area contributed by atoms with Crippen molar-refractivity contribution in [1.82, 2.24) is 15.0 Å². The van der Waals surface area contributed by atoms with Crippen LogP contribution in [0.3, 0.4) is 0 Å². The van der Waals surface area contributed by atoms with Crippen molar-refractivity contribution in [3.63, 3.8) is 0 Å². The summed E-state index contributed by atoms with van der Waals surface area (Å²) in [6.45, 7) is 0.602. The number of aromatic nitrogens is 1. The van der Waals surface area contributed by atoms with Gasteiger partial charge in [-0.25, -0.2) is 18.2 Å². The number of amides is 1. The first kappa shape index (κ1) is 14.9. The van der Waals surface area contributed by atoms with Gasteiger partial charge in [-0.15, -0.1) is 0 Å². The molecule has 4 nitrogen and oxygen atoms in total. The Kier molecular flexibility index (Phi) is 3.37. The molecule has 1 aromatic rings. The van der Waals surface area contributed by atoms with Gasteiger partial charge in [0, 0.05) is 19.3 Å². The lowest BCUT2D eigenvalue weighted by molar-refractivity contribution is -0.149. The third kappa shape index (κ3) is 2.33. The van der Waals surface area contributed by atoms with Gasteiger partial charge in [-0.3, -0.25) is 14.8 Å². The summed E-state index contributed by atoms with van der Waals surface area (Å²) < 4.78 is 41.0. The molecule has 0 unspecified atom stereocenters. The molecule has 2 aliphatic heterocycles. The van der Waals surface area contributed by atoms with Crippen molar-refractivity contribution in [1.29, 1.82) is 0 Å². The summed E-state index contributed by atoms with van der Waals surface area (Å²) in [6, 6.07) is 0.933. The second-order valence-corrected chi connectivity index (χ2v) is 6.88. The Morgan fingerprint density at radius 2 is 2.09 bits per heavy atom. The number of alkyl halides is 2. The molecule has 0 spiro atoms. The molecule has 0 bridgehead atoms. The average molecular weight is 325 g/mol. The maximum atomic E-state index is 13.8. The lowest BCUT2D eigenvalue weighted by Crippen LogP contribution is -2.42. The number of hydrazine groups is 1. The zero-order valence-corrected chi connectivity index (χ0v) is 12.6. The van der Waals surface area contributed by atoms with Crippen LogP contribution in [0.5, 0.6) is 0 Å². The molecule has 23 heavy (non-hydrogen) atoms. The van der Waals surface area contributed by atoms with E-state index in [2.05, 4.69) is 4.98 Å². The van der Waals surface area contributed by atoms with Gasteiger partial charge in [0.15, 0.2) is 0 Å². The van der Waals surface area contributed by atoms with E-state index in [0.29, 0.717) is 18.5 Å². The number of halogens is 3. The summed E-state index contributed by atoms with van der Waals surface area (Å²) in [6.07, 6.45) is 2.65. The minimum absolute atomic E-state index is 0.0687. The lowest BCUT2D eigenvalue weighted by Gasteiger charge is -2.28. The predicted molar refractivity (Wildman–Crippen MR) is 75.8 cm³/mol. The van der Waals surface area contributed by atoms with Crippen LogP contribution in [0.25, 0.3) is 0 Å². The van der Waals surface area contributed by atoms with Crippen molar-refractivity contribution >= 4 is 5.91 Å². The van der Waals surface area contributed by atoms with Crippen LogP contribution in [0.15, 0.2) is 18.5 Å². The van der Waals surface area contributed by atoms with Crippen LogP contribution in [0, 0.1) is 17.2 Å². The molecule has 7 heteroatoms. The Hall–Kier alpha value is -1.63. The minimum atomic E-state index is -2.67. The molecule has 1 amide bonds. The summed E-state index contributed by atoms with van der Waals surface area (Å²) in [5.41, 5.74) is -1.03. The fraction of sp³-hybridized carbons (Fsp3) is 0.625. The molecular formula is C16H18F3N3O. The first-order valence-corrected chi connectivity index (χ1v) is 7.98. The third-order valence-electron chi connectivity index (χ3n) is 5.24. The van der Waals surface area contributed by atoms with E-state index in [0.717, 1.165) is 19.0 Å². The third-order valence-corrected chi connectivity index (χ3v) is 5.24. The van der Waals surface area contributed by atoms with E-state index in [-0.39, 0.29) is 18.9 Å². The molecule has 3 fully saturated rings.